The summed E-state index contributed by atoms with van der Waals surface area (Å²) in [6.45, 7) is 5.63. The van der Waals surface area contributed by atoms with Crippen molar-refractivity contribution in [3.05, 3.63) is 54.1 Å². The lowest BCUT2D eigenvalue weighted by molar-refractivity contribution is -0.122. The lowest BCUT2D eigenvalue weighted by Crippen LogP contribution is -2.32. The maximum Gasteiger partial charge on any atom is 0.265 e. The van der Waals surface area contributed by atoms with E-state index in [1.54, 1.807) is 31.2 Å². The zero-order valence-electron chi connectivity index (χ0n) is 14.8. The molecule has 2 N–H and O–H groups in total. The molecular formula is C20H24N2O3. The Balaban J connectivity index is 2.05. The summed E-state index contributed by atoms with van der Waals surface area (Å²) in [5.74, 6) is 0.413. The predicted octanol–water partition coefficient (Wildman–Crippen LogP) is 4.14. The summed E-state index contributed by atoms with van der Waals surface area (Å²) in [5.41, 5.74) is 2.25. The minimum atomic E-state index is -0.588. The molecule has 0 radical (unpaired) electrons. The Morgan fingerprint density at radius 1 is 1.00 bits per heavy atom. The standard InChI is InChI=1S/C20H24N2O3/c1-4-17(25-18-12-7-6-9-14(18)3)20(24)22-16-11-8-10-15(13-16)21-19(23)5-2/h6-13,17H,4-5H2,1-3H3,(H,21,23)(H,22,24)/t17-/m0/s1. The quantitative estimate of drug-likeness (QED) is 0.796. The Morgan fingerprint density at radius 2 is 1.68 bits per heavy atom. The van der Waals surface area contributed by atoms with Gasteiger partial charge in [0.05, 0.1) is 0 Å². The average molecular weight is 340 g/mol. The molecular weight excluding hydrogens is 316 g/mol. The van der Waals surface area contributed by atoms with Crippen molar-refractivity contribution in [3.63, 3.8) is 0 Å². The van der Waals surface area contributed by atoms with Crippen LogP contribution in [0.1, 0.15) is 32.3 Å². The monoisotopic (exact) mass is 340 g/mol. The Labute approximate surface area is 148 Å². The third kappa shape index (κ3) is 5.35. The summed E-state index contributed by atoms with van der Waals surface area (Å²) >= 11 is 0. The number of benzene rings is 2. The Morgan fingerprint density at radius 3 is 2.32 bits per heavy atom. The second-order valence-electron chi connectivity index (χ2n) is 5.75. The van der Waals surface area contributed by atoms with Crippen molar-refractivity contribution in [2.24, 2.45) is 0 Å². The van der Waals surface area contributed by atoms with Gasteiger partial charge in [0.15, 0.2) is 6.10 Å². The molecule has 132 valence electrons. The van der Waals surface area contributed by atoms with E-state index in [9.17, 15) is 9.59 Å². The number of ether oxygens (including phenoxy) is 1. The maximum absolute atomic E-state index is 12.5. The van der Waals surface area contributed by atoms with E-state index in [1.165, 1.54) is 0 Å². The van der Waals surface area contributed by atoms with Gasteiger partial charge in [0, 0.05) is 17.8 Å². The molecule has 25 heavy (non-hydrogen) atoms. The average Bonchev–Trinajstić information content (AvgIpc) is 2.61. The number of rotatable bonds is 7. The number of aryl methyl sites for hydroxylation is 1. The van der Waals surface area contributed by atoms with E-state index in [0.717, 1.165) is 5.56 Å². The lowest BCUT2D eigenvalue weighted by atomic mass is 10.2. The first-order chi connectivity index (χ1) is 12.0. The van der Waals surface area contributed by atoms with Crippen LogP contribution in [0.4, 0.5) is 11.4 Å². The van der Waals surface area contributed by atoms with Gasteiger partial charge in [-0.25, -0.2) is 0 Å². The van der Waals surface area contributed by atoms with Crippen LogP contribution >= 0.6 is 0 Å². The molecule has 0 aliphatic carbocycles. The largest absolute Gasteiger partial charge is 0.480 e. The molecule has 2 aromatic carbocycles. The molecule has 0 spiro atoms. The van der Waals surface area contributed by atoms with Crippen LogP contribution in [0.25, 0.3) is 0 Å². The first-order valence-corrected chi connectivity index (χ1v) is 8.46. The van der Waals surface area contributed by atoms with Gasteiger partial charge in [0.1, 0.15) is 5.75 Å². The first-order valence-electron chi connectivity index (χ1n) is 8.46. The Hall–Kier alpha value is -2.82. The SMILES string of the molecule is CCC(=O)Nc1cccc(NC(=O)[C@H](CC)Oc2ccccc2C)c1. The molecule has 0 bridgehead atoms. The molecule has 2 amide bonds. The van der Waals surface area contributed by atoms with Crippen LogP contribution in [0.15, 0.2) is 48.5 Å². The van der Waals surface area contributed by atoms with Crippen molar-refractivity contribution in [1.29, 1.82) is 0 Å². The van der Waals surface area contributed by atoms with Gasteiger partial charge in [0.25, 0.3) is 5.91 Å². The number of carbonyl (C=O) groups excluding carboxylic acids is 2. The number of anilines is 2. The molecule has 0 aromatic heterocycles. The summed E-state index contributed by atoms with van der Waals surface area (Å²) < 4.78 is 5.86. The summed E-state index contributed by atoms with van der Waals surface area (Å²) in [6.07, 6.45) is 0.362. The van der Waals surface area contributed by atoms with Gasteiger partial charge in [-0.15, -0.1) is 0 Å². The Kier molecular flexibility index (Phi) is 6.57. The second kappa shape index (κ2) is 8.87. The van der Waals surface area contributed by atoms with E-state index < -0.39 is 6.10 Å². The predicted molar refractivity (Wildman–Crippen MR) is 99.9 cm³/mol. The highest BCUT2D eigenvalue weighted by molar-refractivity contribution is 5.96. The van der Waals surface area contributed by atoms with Gasteiger partial charge in [-0.2, -0.15) is 0 Å². The fourth-order valence-electron chi connectivity index (χ4n) is 2.31. The van der Waals surface area contributed by atoms with Crippen LogP contribution in [0.5, 0.6) is 5.75 Å². The zero-order chi connectivity index (χ0) is 18.2. The van der Waals surface area contributed by atoms with Crippen LogP contribution in [0, 0.1) is 6.92 Å². The lowest BCUT2D eigenvalue weighted by Gasteiger charge is -2.18. The van der Waals surface area contributed by atoms with Gasteiger partial charge in [-0.1, -0.05) is 38.1 Å². The van der Waals surface area contributed by atoms with Crippen molar-refractivity contribution in [2.75, 3.05) is 10.6 Å². The zero-order valence-corrected chi connectivity index (χ0v) is 14.8. The van der Waals surface area contributed by atoms with Crippen molar-refractivity contribution in [2.45, 2.75) is 39.7 Å². The minimum Gasteiger partial charge on any atom is -0.480 e. The molecule has 0 fully saturated rings. The highest BCUT2D eigenvalue weighted by atomic mass is 16.5. The van der Waals surface area contributed by atoms with Crippen LogP contribution in [-0.2, 0) is 9.59 Å². The fraction of sp³-hybridized carbons (Fsp3) is 0.300. The van der Waals surface area contributed by atoms with E-state index >= 15 is 0 Å². The first kappa shape index (κ1) is 18.5. The van der Waals surface area contributed by atoms with Crippen molar-refractivity contribution >= 4 is 23.2 Å². The van der Waals surface area contributed by atoms with Gasteiger partial charge >= 0.3 is 0 Å². The van der Waals surface area contributed by atoms with Crippen molar-refractivity contribution in [3.8, 4) is 5.75 Å². The fourth-order valence-corrected chi connectivity index (χ4v) is 2.31. The van der Waals surface area contributed by atoms with E-state index in [1.807, 2.05) is 38.1 Å². The second-order valence-corrected chi connectivity index (χ2v) is 5.75. The van der Waals surface area contributed by atoms with E-state index in [4.69, 9.17) is 4.74 Å². The summed E-state index contributed by atoms with van der Waals surface area (Å²) in [7, 11) is 0. The molecule has 2 aromatic rings. The minimum absolute atomic E-state index is 0.0715. The number of carbonyl (C=O) groups is 2. The molecule has 5 heteroatoms. The Bertz CT molecular complexity index is 743. The van der Waals surface area contributed by atoms with Crippen LogP contribution in [0.2, 0.25) is 0 Å². The van der Waals surface area contributed by atoms with Gasteiger partial charge in [0.2, 0.25) is 5.91 Å². The summed E-state index contributed by atoms with van der Waals surface area (Å²) in [6, 6.07) is 14.7. The topological polar surface area (TPSA) is 67.4 Å². The maximum atomic E-state index is 12.5. The number of hydrogen-bond acceptors (Lipinski definition) is 3. The molecule has 0 heterocycles. The normalized spacial score (nSPS) is 11.5. The number of nitrogens with one attached hydrogen (secondary N) is 2. The molecule has 0 saturated heterocycles. The van der Waals surface area contributed by atoms with Crippen molar-refractivity contribution in [1.82, 2.24) is 0 Å². The van der Waals surface area contributed by atoms with E-state index in [0.29, 0.717) is 30.0 Å². The molecule has 0 saturated carbocycles. The highest BCUT2D eigenvalue weighted by Gasteiger charge is 2.19. The van der Waals surface area contributed by atoms with Crippen molar-refractivity contribution < 1.29 is 14.3 Å². The van der Waals surface area contributed by atoms with E-state index in [2.05, 4.69) is 10.6 Å². The smallest absolute Gasteiger partial charge is 0.265 e. The van der Waals surface area contributed by atoms with Crippen LogP contribution < -0.4 is 15.4 Å². The third-order valence-electron chi connectivity index (χ3n) is 3.76. The molecule has 5 nitrogen and oxygen atoms in total. The van der Waals surface area contributed by atoms with E-state index in [-0.39, 0.29) is 11.8 Å². The molecule has 0 aliphatic rings. The van der Waals surface area contributed by atoms with Gasteiger partial charge in [-0.05, 0) is 43.2 Å². The summed E-state index contributed by atoms with van der Waals surface area (Å²) in [5, 5.41) is 5.62. The molecule has 0 aliphatic heterocycles. The highest BCUT2D eigenvalue weighted by Crippen LogP contribution is 2.20. The van der Waals surface area contributed by atoms with Crippen LogP contribution in [0.3, 0.4) is 0 Å². The number of amides is 2. The molecule has 2 rings (SSSR count). The van der Waals surface area contributed by atoms with Gasteiger partial charge in [-0.3, -0.25) is 9.59 Å². The molecule has 1 atom stereocenters. The van der Waals surface area contributed by atoms with Crippen LogP contribution in [-0.4, -0.2) is 17.9 Å². The summed E-state index contributed by atoms with van der Waals surface area (Å²) in [4.78, 5) is 24.0. The van der Waals surface area contributed by atoms with Gasteiger partial charge < -0.3 is 15.4 Å². The molecule has 0 unspecified atom stereocenters. The number of hydrogen-bond donors (Lipinski definition) is 2. The third-order valence-corrected chi connectivity index (χ3v) is 3.76. The number of para-hydroxylation sites is 1.